The number of nitrogens with one attached hydrogen (secondary N) is 2. The Morgan fingerprint density at radius 3 is 2.94 bits per heavy atom. The van der Waals surface area contributed by atoms with E-state index in [1.807, 2.05) is 38.2 Å². The summed E-state index contributed by atoms with van der Waals surface area (Å²) in [5, 5.41) is 14.1. The second-order valence-electron chi connectivity index (χ2n) is 8.78. The van der Waals surface area contributed by atoms with Crippen LogP contribution in [0.4, 0.5) is 0 Å². The molecule has 1 atom stereocenters. The predicted octanol–water partition coefficient (Wildman–Crippen LogP) is 6.02. The maximum absolute atomic E-state index is 9.63. The average Bonchev–Trinajstić information content (AvgIpc) is 3.39. The maximum atomic E-state index is 9.63. The van der Waals surface area contributed by atoms with Gasteiger partial charge in [0, 0.05) is 36.0 Å². The number of rotatable bonds is 8. The van der Waals surface area contributed by atoms with Gasteiger partial charge in [-0.2, -0.15) is 5.26 Å². The number of nitrogens with zero attached hydrogens (tertiary/aromatic N) is 3. The van der Waals surface area contributed by atoms with Crippen LogP contribution < -0.4 is 10.1 Å². The summed E-state index contributed by atoms with van der Waals surface area (Å²) >= 11 is 1.55. The molecule has 1 aliphatic rings. The van der Waals surface area contributed by atoms with Gasteiger partial charge < -0.3 is 15.0 Å². The number of ether oxygens (including phenoxy) is 1. The van der Waals surface area contributed by atoms with Crippen molar-refractivity contribution in [3.63, 3.8) is 0 Å². The van der Waals surface area contributed by atoms with Crippen LogP contribution in [0.1, 0.15) is 66.4 Å². The minimum absolute atomic E-state index is 0.00284. The maximum Gasteiger partial charge on any atom is 0.137 e. The smallest absolute Gasteiger partial charge is 0.137 e. The van der Waals surface area contributed by atoms with Gasteiger partial charge in [0.05, 0.1) is 18.2 Å². The zero-order valence-electron chi connectivity index (χ0n) is 20.5. The topological polar surface area (TPSA) is 86.1 Å². The van der Waals surface area contributed by atoms with Crippen LogP contribution in [0.15, 0.2) is 60.4 Å². The lowest BCUT2D eigenvalue weighted by Gasteiger charge is -2.28. The summed E-state index contributed by atoms with van der Waals surface area (Å²) in [6.45, 7) is 9.02. The summed E-state index contributed by atoms with van der Waals surface area (Å²) in [5.74, 6) is 1.54. The molecule has 0 radical (unpaired) electrons. The van der Waals surface area contributed by atoms with Crippen LogP contribution in [0.5, 0.6) is 5.75 Å². The van der Waals surface area contributed by atoms with Crippen LogP contribution in [0, 0.1) is 11.3 Å². The number of fused-ring (bicyclic) bond motifs is 1. The number of imidazole rings is 1. The number of aromatic amines is 1. The molecule has 0 unspecified atom stereocenters. The van der Waals surface area contributed by atoms with Crippen LogP contribution in [0.2, 0.25) is 0 Å². The van der Waals surface area contributed by atoms with Gasteiger partial charge in [-0.15, -0.1) is 0 Å². The van der Waals surface area contributed by atoms with Crippen molar-refractivity contribution in [3.05, 3.63) is 89.0 Å². The number of benzene rings is 2. The van der Waals surface area contributed by atoms with E-state index in [2.05, 4.69) is 51.1 Å². The van der Waals surface area contributed by atoms with Crippen molar-refractivity contribution in [3.8, 4) is 11.8 Å². The molecule has 3 aromatic rings. The quantitative estimate of drug-likeness (QED) is 0.301. The third-order valence-electron chi connectivity index (χ3n) is 6.01. The second kappa shape index (κ2) is 11.4. The summed E-state index contributed by atoms with van der Waals surface area (Å²) in [5.41, 5.74) is 5.24. The highest BCUT2D eigenvalue weighted by Crippen LogP contribution is 2.38. The van der Waals surface area contributed by atoms with Crippen molar-refractivity contribution in [2.45, 2.75) is 51.8 Å². The minimum atomic E-state index is 0.00284. The first-order chi connectivity index (χ1) is 17.0. The van der Waals surface area contributed by atoms with Gasteiger partial charge >= 0.3 is 0 Å². The Morgan fingerprint density at radius 2 is 2.23 bits per heavy atom. The van der Waals surface area contributed by atoms with E-state index in [1.54, 1.807) is 25.0 Å². The lowest BCUT2D eigenvalue weighted by atomic mass is 9.84. The van der Waals surface area contributed by atoms with Gasteiger partial charge in [-0.25, -0.2) is 4.98 Å². The van der Waals surface area contributed by atoms with E-state index >= 15 is 0 Å². The Bertz CT molecular complexity index is 1260. The Labute approximate surface area is 211 Å². The lowest BCUT2D eigenvalue weighted by molar-refractivity contribution is 0.241. The lowest BCUT2D eigenvalue weighted by Crippen LogP contribution is -2.25. The van der Waals surface area contributed by atoms with E-state index < -0.39 is 0 Å². The molecule has 0 bridgehead atoms. The Balaban J connectivity index is 1.54. The van der Waals surface area contributed by atoms with Gasteiger partial charge in [0.1, 0.15) is 22.7 Å². The van der Waals surface area contributed by atoms with Crippen LogP contribution >= 0.6 is 11.8 Å². The summed E-state index contributed by atoms with van der Waals surface area (Å²) < 4.78 is 5.77. The molecule has 0 spiro atoms. The molecule has 1 aliphatic carbocycles. The Hall–Kier alpha value is -3.34. The zero-order valence-corrected chi connectivity index (χ0v) is 21.3. The third-order valence-corrected chi connectivity index (χ3v) is 7.09. The molecule has 1 aromatic heterocycles. The molecule has 35 heavy (non-hydrogen) atoms. The highest BCUT2D eigenvalue weighted by Gasteiger charge is 2.23. The van der Waals surface area contributed by atoms with E-state index in [9.17, 15) is 5.26 Å². The third kappa shape index (κ3) is 5.84. The van der Waals surface area contributed by atoms with E-state index in [1.165, 1.54) is 16.7 Å². The summed E-state index contributed by atoms with van der Waals surface area (Å²) in [4.78, 5) is 13.0. The largest absolute Gasteiger partial charge is 0.490 e. The number of thioether (sulfide) groups is 1. The fourth-order valence-electron chi connectivity index (χ4n) is 4.45. The van der Waals surface area contributed by atoms with Gasteiger partial charge in [-0.1, -0.05) is 36.5 Å². The Kier molecular flexibility index (Phi) is 8.06. The molecule has 2 aromatic carbocycles. The molecule has 180 valence electrons. The van der Waals surface area contributed by atoms with Crippen molar-refractivity contribution in [2.24, 2.45) is 4.99 Å². The van der Waals surface area contributed by atoms with Crippen molar-refractivity contribution in [1.29, 1.82) is 5.26 Å². The fraction of sp³-hybridized carbons (Fsp3) is 0.321. The number of H-pyrrole nitrogens is 1. The van der Waals surface area contributed by atoms with Crippen LogP contribution in [-0.2, 0) is 13.0 Å². The second-order valence-corrected chi connectivity index (χ2v) is 9.86. The normalized spacial score (nSPS) is 15.5. The molecule has 0 saturated carbocycles. The summed E-state index contributed by atoms with van der Waals surface area (Å²) in [7, 11) is 1.77. The number of hydrogen-bond acceptors (Lipinski definition) is 6. The highest BCUT2D eigenvalue weighted by atomic mass is 32.2. The van der Waals surface area contributed by atoms with Gasteiger partial charge in [0.15, 0.2) is 0 Å². The summed E-state index contributed by atoms with van der Waals surface area (Å²) in [6.07, 6.45) is 6.88. The van der Waals surface area contributed by atoms with Gasteiger partial charge in [-0.05, 0) is 68.0 Å². The molecule has 1 heterocycles. The summed E-state index contributed by atoms with van der Waals surface area (Å²) in [6, 6.07) is 14.7. The first kappa shape index (κ1) is 24.8. The van der Waals surface area contributed by atoms with E-state index in [0.717, 1.165) is 40.6 Å². The first-order valence-electron chi connectivity index (χ1n) is 11.9. The monoisotopic (exact) mass is 485 g/mol. The molecule has 0 fully saturated rings. The SMILES string of the molecule is C=C(S/C(=N\C)c1ccc(OC(C)C)c(C#N)c1)c1cccc2c1CCC[C@@H]2NCc1ncc[nH]1. The molecular weight excluding hydrogens is 454 g/mol. The predicted molar refractivity (Wildman–Crippen MR) is 144 cm³/mol. The molecule has 4 rings (SSSR count). The van der Waals surface area contributed by atoms with Crippen LogP contribution in [0.25, 0.3) is 4.91 Å². The standard InChI is InChI=1S/C28H31N5OS/c1-18(2)34-26-12-11-20(15-21(26)16-29)28(30-4)35-19(3)22-7-5-9-24-23(22)8-6-10-25(24)33-17-27-31-13-14-32-27/h5,7,9,11-15,18,25,33H,3,6,8,10,17H2,1-2,4H3,(H,31,32)/b30-28-/t25-/m0/s1. The van der Waals surface area contributed by atoms with Crippen molar-refractivity contribution in [2.75, 3.05) is 7.05 Å². The molecule has 0 amide bonds. The van der Waals surface area contributed by atoms with Crippen molar-refractivity contribution < 1.29 is 4.74 Å². The van der Waals surface area contributed by atoms with E-state index in [4.69, 9.17) is 4.74 Å². The minimum Gasteiger partial charge on any atom is -0.490 e. The van der Waals surface area contributed by atoms with Crippen LogP contribution in [0.3, 0.4) is 0 Å². The molecular formula is C28H31N5OS. The zero-order chi connectivity index (χ0) is 24.8. The number of aliphatic imine (C=N–C) groups is 1. The van der Waals surface area contributed by atoms with Gasteiger partial charge in [0.2, 0.25) is 0 Å². The average molecular weight is 486 g/mol. The number of hydrogen-bond donors (Lipinski definition) is 2. The molecule has 7 heteroatoms. The van der Waals surface area contributed by atoms with E-state index in [-0.39, 0.29) is 12.1 Å². The first-order valence-corrected chi connectivity index (χ1v) is 12.7. The van der Waals surface area contributed by atoms with Crippen molar-refractivity contribution >= 4 is 21.7 Å². The fourth-order valence-corrected chi connectivity index (χ4v) is 5.32. The Morgan fingerprint density at radius 1 is 1.37 bits per heavy atom. The molecule has 0 saturated heterocycles. The molecule has 0 aliphatic heterocycles. The highest BCUT2D eigenvalue weighted by molar-refractivity contribution is 8.22. The van der Waals surface area contributed by atoms with Crippen molar-refractivity contribution in [1.82, 2.24) is 15.3 Å². The number of nitriles is 1. The van der Waals surface area contributed by atoms with Crippen LogP contribution in [-0.4, -0.2) is 28.2 Å². The van der Waals surface area contributed by atoms with Gasteiger partial charge in [-0.3, -0.25) is 4.99 Å². The molecule has 2 N–H and O–H groups in total. The van der Waals surface area contributed by atoms with Gasteiger partial charge in [0.25, 0.3) is 0 Å². The van der Waals surface area contributed by atoms with E-state index in [0.29, 0.717) is 17.9 Å². The number of aromatic nitrogens is 2. The molecule has 6 nitrogen and oxygen atoms in total.